The van der Waals surface area contributed by atoms with Crippen molar-refractivity contribution in [2.75, 3.05) is 6.54 Å². The maximum Gasteiger partial charge on any atom is 0.0621 e. The van der Waals surface area contributed by atoms with E-state index >= 15 is 0 Å². The van der Waals surface area contributed by atoms with E-state index in [0.29, 0.717) is 6.42 Å². The van der Waals surface area contributed by atoms with Gasteiger partial charge in [-0.05, 0) is 37.1 Å². The van der Waals surface area contributed by atoms with Crippen LogP contribution in [0.25, 0.3) is 0 Å². The summed E-state index contributed by atoms with van der Waals surface area (Å²) in [6, 6.07) is 7.94. The molecule has 0 radical (unpaired) electrons. The lowest BCUT2D eigenvalue weighted by Crippen LogP contribution is -2.14. The summed E-state index contributed by atoms with van der Waals surface area (Å²) in [6.07, 6.45) is 2.65. The molecule has 0 bridgehead atoms. The van der Waals surface area contributed by atoms with E-state index in [1.807, 2.05) is 18.2 Å². The van der Waals surface area contributed by atoms with E-state index in [2.05, 4.69) is 27.3 Å². The van der Waals surface area contributed by atoms with Crippen molar-refractivity contribution in [3.63, 3.8) is 0 Å². The number of nitriles is 1. The molecule has 1 rings (SSSR count). The molecular weight excluding hydrogens is 288 g/mol. The number of nitrogens with one attached hydrogen (secondary N) is 1. The molecule has 0 fully saturated rings. The highest BCUT2D eigenvalue weighted by Gasteiger charge is 1.99. The second-order valence-electron chi connectivity index (χ2n) is 3.53. The van der Waals surface area contributed by atoms with Crippen molar-refractivity contribution in [3.05, 3.63) is 33.3 Å². The standard InChI is InChI=1S/C12H14BrClN2/c13-12-8-11(14)5-4-10(12)9-16-7-3-1-2-6-15/h4-5,8,16H,1-3,7,9H2. The van der Waals surface area contributed by atoms with Gasteiger partial charge in [-0.1, -0.05) is 33.6 Å². The van der Waals surface area contributed by atoms with Gasteiger partial charge in [-0.2, -0.15) is 5.26 Å². The first kappa shape index (κ1) is 13.5. The smallest absolute Gasteiger partial charge is 0.0621 e. The fourth-order valence-electron chi connectivity index (χ4n) is 1.34. The predicted molar refractivity (Wildman–Crippen MR) is 70.3 cm³/mol. The summed E-state index contributed by atoms with van der Waals surface area (Å²) in [4.78, 5) is 0. The van der Waals surface area contributed by atoms with Gasteiger partial charge in [0.05, 0.1) is 6.07 Å². The van der Waals surface area contributed by atoms with Gasteiger partial charge < -0.3 is 5.32 Å². The third kappa shape index (κ3) is 4.98. The number of nitrogens with zero attached hydrogens (tertiary/aromatic N) is 1. The Morgan fingerprint density at radius 3 is 2.88 bits per heavy atom. The molecule has 16 heavy (non-hydrogen) atoms. The normalized spacial score (nSPS) is 10.1. The van der Waals surface area contributed by atoms with Crippen LogP contribution < -0.4 is 5.32 Å². The van der Waals surface area contributed by atoms with E-state index < -0.39 is 0 Å². The summed E-state index contributed by atoms with van der Waals surface area (Å²) in [5.41, 5.74) is 1.20. The van der Waals surface area contributed by atoms with Crippen LogP contribution in [0.2, 0.25) is 5.02 Å². The van der Waals surface area contributed by atoms with Crippen molar-refractivity contribution in [2.24, 2.45) is 0 Å². The van der Waals surface area contributed by atoms with Gasteiger partial charge in [0.15, 0.2) is 0 Å². The zero-order valence-corrected chi connectivity index (χ0v) is 11.3. The highest BCUT2D eigenvalue weighted by Crippen LogP contribution is 2.21. The Hall–Kier alpha value is -0.560. The number of benzene rings is 1. The van der Waals surface area contributed by atoms with Gasteiger partial charge >= 0.3 is 0 Å². The number of unbranched alkanes of at least 4 members (excludes halogenated alkanes) is 2. The van der Waals surface area contributed by atoms with Crippen molar-refractivity contribution >= 4 is 27.5 Å². The van der Waals surface area contributed by atoms with Crippen LogP contribution in [0.4, 0.5) is 0 Å². The number of rotatable bonds is 6. The minimum Gasteiger partial charge on any atom is -0.313 e. The second-order valence-corrected chi connectivity index (χ2v) is 4.82. The lowest BCUT2D eigenvalue weighted by molar-refractivity contribution is 0.628. The van der Waals surface area contributed by atoms with Crippen LogP contribution in [-0.4, -0.2) is 6.54 Å². The first-order valence-electron chi connectivity index (χ1n) is 5.25. The summed E-state index contributed by atoms with van der Waals surface area (Å²) in [6.45, 7) is 1.76. The SMILES string of the molecule is N#CCCCCNCc1ccc(Cl)cc1Br. The second kappa shape index (κ2) is 7.67. The molecule has 86 valence electrons. The van der Waals surface area contributed by atoms with Crippen LogP contribution in [0.3, 0.4) is 0 Å². The molecule has 1 aromatic carbocycles. The topological polar surface area (TPSA) is 35.8 Å². The molecule has 0 aliphatic rings. The van der Waals surface area contributed by atoms with Crippen LogP contribution in [0.5, 0.6) is 0 Å². The van der Waals surface area contributed by atoms with Gasteiger partial charge in [-0.3, -0.25) is 0 Å². The molecular formula is C12H14BrClN2. The summed E-state index contributed by atoms with van der Waals surface area (Å²) < 4.78 is 1.03. The van der Waals surface area contributed by atoms with Crippen LogP contribution in [-0.2, 0) is 6.54 Å². The Kier molecular flexibility index (Phi) is 6.47. The third-order valence-corrected chi connectivity index (χ3v) is 3.20. The van der Waals surface area contributed by atoms with Gasteiger partial charge in [-0.25, -0.2) is 0 Å². The minimum absolute atomic E-state index is 0.645. The van der Waals surface area contributed by atoms with Crippen LogP contribution in [0.1, 0.15) is 24.8 Å². The molecule has 0 saturated heterocycles. The van der Waals surface area contributed by atoms with E-state index in [1.165, 1.54) is 5.56 Å². The van der Waals surface area contributed by atoms with Crippen molar-refractivity contribution in [3.8, 4) is 6.07 Å². The quantitative estimate of drug-likeness (QED) is 0.809. The maximum absolute atomic E-state index is 8.37. The fraction of sp³-hybridized carbons (Fsp3) is 0.417. The molecule has 0 heterocycles. The molecule has 0 unspecified atom stereocenters. The molecule has 0 aliphatic heterocycles. The highest BCUT2D eigenvalue weighted by atomic mass is 79.9. The molecule has 0 aromatic heterocycles. The summed E-state index contributed by atoms with van der Waals surface area (Å²) in [7, 11) is 0. The monoisotopic (exact) mass is 300 g/mol. The summed E-state index contributed by atoms with van der Waals surface area (Å²) in [5.74, 6) is 0. The van der Waals surface area contributed by atoms with Crippen LogP contribution >= 0.6 is 27.5 Å². The highest BCUT2D eigenvalue weighted by molar-refractivity contribution is 9.10. The number of hydrogen-bond acceptors (Lipinski definition) is 2. The zero-order valence-electron chi connectivity index (χ0n) is 8.97. The molecule has 0 spiro atoms. The van der Waals surface area contributed by atoms with Crippen molar-refractivity contribution in [2.45, 2.75) is 25.8 Å². The fourth-order valence-corrected chi connectivity index (χ4v) is 2.17. The van der Waals surface area contributed by atoms with Crippen molar-refractivity contribution in [1.82, 2.24) is 5.32 Å². The number of hydrogen-bond donors (Lipinski definition) is 1. The maximum atomic E-state index is 8.37. The number of halogens is 2. The summed E-state index contributed by atoms with van der Waals surface area (Å²) in [5, 5.41) is 12.5. The lowest BCUT2D eigenvalue weighted by atomic mass is 10.2. The van der Waals surface area contributed by atoms with Crippen LogP contribution in [0, 0.1) is 11.3 Å². The molecule has 0 saturated carbocycles. The van der Waals surface area contributed by atoms with Gasteiger partial charge in [0.1, 0.15) is 0 Å². The van der Waals surface area contributed by atoms with E-state index in [-0.39, 0.29) is 0 Å². The molecule has 2 nitrogen and oxygen atoms in total. The van der Waals surface area contributed by atoms with E-state index in [0.717, 1.165) is 35.4 Å². The molecule has 0 aliphatic carbocycles. The average molecular weight is 302 g/mol. The van der Waals surface area contributed by atoms with Gasteiger partial charge in [0.25, 0.3) is 0 Å². The van der Waals surface area contributed by atoms with Gasteiger partial charge in [-0.15, -0.1) is 0 Å². The minimum atomic E-state index is 0.645. The zero-order chi connectivity index (χ0) is 11.8. The Morgan fingerprint density at radius 2 is 2.19 bits per heavy atom. The van der Waals surface area contributed by atoms with Crippen molar-refractivity contribution in [1.29, 1.82) is 5.26 Å². The van der Waals surface area contributed by atoms with Gasteiger partial charge in [0, 0.05) is 22.5 Å². The molecule has 1 N–H and O–H groups in total. The average Bonchev–Trinajstić information content (AvgIpc) is 2.26. The predicted octanol–water partition coefficient (Wildman–Crippen LogP) is 3.89. The molecule has 1 aromatic rings. The van der Waals surface area contributed by atoms with Gasteiger partial charge in [0.2, 0.25) is 0 Å². The van der Waals surface area contributed by atoms with E-state index in [9.17, 15) is 0 Å². The first-order valence-corrected chi connectivity index (χ1v) is 6.42. The molecule has 0 atom stereocenters. The lowest BCUT2D eigenvalue weighted by Gasteiger charge is -2.06. The first-order chi connectivity index (χ1) is 7.74. The molecule has 4 heteroatoms. The van der Waals surface area contributed by atoms with Crippen molar-refractivity contribution < 1.29 is 0 Å². The Bertz CT molecular complexity index is 374. The van der Waals surface area contributed by atoms with E-state index in [1.54, 1.807) is 0 Å². The third-order valence-electron chi connectivity index (χ3n) is 2.22. The van der Waals surface area contributed by atoms with Crippen LogP contribution in [0.15, 0.2) is 22.7 Å². The Balaban J connectivity index is 2.25. The Labute approximate surface area is 110 Å². The van der Waals surface area contributed by atoms with E-state index in [4.69, 9.17) is 16.9 Å². The summed E-state index contributed by atoms with van der Waals surface area (Å²) >= 11 is 9.33. The largest absolute Gasteiger partial charge is 0.313 e. The molecule has 0 amide bonds. The Morgan fingerprint density at radius 1 is 1.38 bits per heavy atom.